The van der Waals surface area contributed by atoms with Crippen LogP contribution in [0.3, 0.4) is 0 Å². The van der Waals surface area contributed by atoms with E-state index in [0.29, 0.717) is 19.1 Å². The third-order valence-electron chi connectivity index (χ3n) is 7.47. The standard InChI is InChI=1S/C29H25ClF2N2O2S.C2H2.CH5N/c30-26-25-22(31)6-7-23(32)27(25)37-28(26)29(35)34-15-20-14-19(18-9-11-33-12-10-18)5-8-24(20)36-16-17-3-1-2-4-21(34)13-17;2*1-2/h5-12,14,17,21H,1-4,13,15-16H2;1-2H;2H2,1H3. The molecule has 2 atom stereocenters. The second-order valence-electron chi connectivity index (χ2n) is 9.82. The molecule has 1 fully saturated rings. The van der Waals surface area contributed by atoms with Crippen LogP contribution in [0.2, 0.25) is 5.02 Å². The number of ether oxygens (including phenoxy) is 1. The number of rotatable bonds is 2. The van der Waals surface area contributed by atoms with Gasteiger partial charge in [0, 0.05) is 30.5 Å². The summed E-state index contributed by atoms with van der Waals surface area (Å²) in [5.41, 5.74) is 7.41. The Morgan fingerprint density at radius 3 is 2.49 bits per heavy atom. The molecule has 41 heavy (non-hydrogen) atoms. The van der Waals surface area contributed by atoms with E-state index in [2.05, 4.69) is 29.6 Å². The molecule has 5 nitrogen and oxygen atoms in total. The highest BCUT2D eigenvalue weighted by Gasteiger charge is 2.34. The van der Waals surface area contributed by atoms with Crippen molar-refractivity contribution in [1.29, 1.82) is 0 Å². The molecule has 6 rings (SSSR count). The molecule has 3 heterocycles. The van der Waals surface area contributed by atoms with Crippen LogP contribution in [-0.4, -0.2) is 35.5 Å². The molecule has 2 bridgehead atoms. The number of carbonyl (C=O) groups is 1. The molecule has 1 amide bonds. The van der Waals surface area contributed by atoms with E-state index in [1.165, 1.54) is 7.05 Å². The molecule has 0 radical (unpaired) electrons. The van der Waals surface area contributed by atoms with Gasteiger partial charge in [0.05, 0.1) is 21.7 Å². The Morgan fingerprint density at radius 2 is 1.76 bits per heavy atom. The zero-order valence-corrected chi connectivity index (χ0v) is 24.4. The number of amides is 1. The van der Waals surface area contributed by atoms with Gasteiger partial charge in [0.1, 0.15) is 22.3 Å². The molecule has 1 saturated carbocycles. The van der Waals surface area contributed by atoms with Crippen molar-refractivity contribution in [3.63, 3.8) is 0 Å². The van der Waals surface area contributed by atoms with Gasteiger partial charge in [-0.1, -0.05) is 30.5 Å². The van der Waals surface area contributed by atoms with Gasteiger partial charge in [0.2, 0.25) is 0 Å². The van der Waals surface area contributed by atoms with Gasteiger partial charge in [-0.15, -0.1) is 24.2 Å². The molecule has 4 aromatic rings. The van der Waals surface area contributed by atoms with Crippen molar-refractivity contribution in [1.82, 2.24) is 9.88 Å². The lowest BCUT2D eigenvalue weighted by Gasteiger charge is -2.32. The fourth-order valence-corrected chi connectivity index (χ4v) is 7.06. The first kappa shape index (κ1) is 30.4. The number of nitrogens with two attached hydrogens (primary N) is 1. The number of pyridine rings is 1. The first-order valence-corrected chi connectivity index (χ1v) is 14.6. The van der Waals surface area contributed by atoms with Crippen LogP contribution < -0.4 is 10.5 Å². The molecular weight excluding hydrogens is 564 g/mol. The Balaban J connectivity index is 0.000000929. The first-order valence-electron chi connectivity index (χ1n) is 13.4. The van der Waals surface area contributed by atoms with Gasteiger partial charge in [-0.2, -0.15) is 0 Å². The summed E-state index contributed by atoms with van der Waals surface area (Å²) in [6.45, 7) is 0.917. The van der Waals surface area contributed by atoms with Crippen molar-refractivity contribution in [3.8, 4) is 29.7 Å². The molecule has 0 spiro atoms. The van der Waals surface area contributed by atoms with E-state index in [0.717, 1.165) is 78.0 Å². The molecule has 2 N–H and O–H groups in total. The predicted molar refractivity (Wildman–Crippen MR) is 162 cm³/mol. The van der Waals surface area contributed by atoms with E-state index >= 15 is 0 Å². The van der Waals surface area contributed by atoms with Gasteiger partial charge >= 0.3 is 0 Å². The summed E-state index contributed by atoms with van der Waals surface area (Å²) in [5, 5.41) is -0.0456. The Bertz CT molecular complexity index is 1530. The van der Waals surface area contributed by atoms with Crippen LogP contribution in [0.1, 0.15) is 47.3 Å². The maximum atomic E-state index is 14.6. The molecule has 1 aliphatic heterocycles. The molecule has 214 valence electrons. The van der Waals surface area contributed by atoms with Crippen LogP contribution in [0, 0.1) is 30.4 Å². The lowest BCUT2D eigenvalue weighted by molar-refractivity contribution is 0.0632. The normalized spacial score (nSPS) is 18.1. The van der Waals surface area contributed by atoms with Gasteiger partial charge in [-0.25, -0.2) is 8.78 Å². The average molecular weight is 596 g/mol. The number of hydrogen-bond donors (Lipinski definition) is 1. The minimum Gasteiger partial charge on any atom is -0.493 e. The number of hydrogen-bond acceptors (Lipinski definition) is 5. The highest BCUT2D eigenvalue weighted by Crippen LogP contribution is 2.41. The number of halogens is 3. The maximum absolute atomic E-state index is 14.6. The van der Waals surface area contributed by atoms with Gasteiger partial charge in [0.25, 0.3) is 5.91 Å². The van der Waals surface area contributed by atoms with Crippen LogP contribution in [0.25, 0.3) is 21.2 Å². The minimum absolute atomic E-state index is 0.0184. The Kier molecular flexibility index (Phi) is 10.3. The van der Waals surface area contributed by atoms with Crippen molar-refractivity contribution >= 4 is 38.9 Å². The fraction of sp³-hybridized carbons (Fsp3) is 0.312. The second-order valence-corrected chi connectivity index (χ2v) is 11.2. The van der Waals surface area contributed by atoms with E-state index in [-0.39, 0.29) is 31.9 Å². The summed E-state index contributed by atoms with van der Waals surface area (Å²) in [4.78, 5) is 20.3. The Morgan fingerprint density at radius 1 is 1.05 bits per heavy atom. The Hall–Kier alpha value is -3.51. The SMILES string of the molecule is C#C.CN.O=C(c1sc2c(F)ccc(F)c2c1Cl)N1Cc2cc(-c3ccncc3)ccc2OCC2CCCCC1C2. The quantitative estimate of drug-likeness (QED) is 0.241. The lowest BCUT2D eigenvalue weighted by atomic mass is 9.97. The summed E-state index contributed by atoms with van der Waals surface area (Å²) in [6, 6.07) is 12.0. The predicted octanol–water partition coefficient (Wildman–Crippen LogP) is 7.70. The number of nitrogens with zero attached hydrogens (tertiary/aromatic N) is 2. The highest BCUT2D eigenvalue weighted by molar-refractivity contribution is 7.21. The zero-order valence-electron chi connectivity index (χ0n) is 22.8. The largest absolute Gasteiger partial charge is 0.493 e. The molecule has 9 heteroatoms. The van der Waals surface area contributed by atoms with Crippen molar-refractivity contribution < 1.29 is 18.3 Å². The van der Waals surface area contributed by atoms with Crippen LogP contribution in [-0.2, 0) is 6.54 Å². The van der Waals surface area contributed by atoms with Crippen LogP contribution >= 0.6 is 22.9 Å². The average Bonchev–Trinajstić information content (AvgIpc) is 3.24. The molecule has 2 aromatic heterocycles. The first-order chi connectivity index (χ1) is 20.0. The summed E-state index contributed by atoms with van der Waals surface area (Å²) in [7, 11) is 1.50. The van der Waals surface area contributed by atoms with Crippen LogP contribution in [0.4, 0.5) is 8.78 Å². The Labute approximate surface area is 248 Å². The topological polar surface area (TPSA) is 68.5 Å². The van der Waals surface area contributed by atoms with E-state index in [1.807, 2.05) is 29.2 Å². The second kappa shape index (κ2) is 13.9. The smallest absolute Gasteiger partial charge is 0.266 e. The molecule has 2 aliphatic rings. The van der Waals surface area contributed by atoms with Crippen LogP contribution in [0.15, 0.2) is 54.9 Å². The lowest BCUT2D eigenvalue weighted by Crippen LogP contribution is -2.40. The monoisotopic (exact) mass is 595 g/mol. The highest BCUT2D eigenvalue weighted by atomic mass is 35.5. The maximum Gasteiger partial charge on any atom is 0.266 e. The van der Waals surface area contributed by atoms with Crippen molar-refractivity contribution in [2.45, 2.75) is 44.7 Å². The summed E-state index contributed by atoms with van der Waals surface area (Å²) in [6.07, 6.45) is 16.3. The number of carbonyl (C=O) groups excluding carboxylic acids is 1. The number of aromatic nitrogens is 1. The molecular formula is C32H32ClF2N3O2S. The molecule has 1 aliphatic carbocycles. The van der Waals surface area contributed by atoms with Crippen molar-refractivity contribution in [3.05, 3.63) is 82.0 Å². The third-order valence-corrected chi connectivity index (χ3v) is 9.15. The summed E-state index contributed by atoms with van der Waals surface area (Å²) < 4.78 is 35.5. The molecule has 0 saturated heterocycles. The number of fused-ring (bicyclic) bond motifs is 4. The molecule has 2 aromatic carbocycles. The van der Waals surface area contributed by atoms with Gasteiger partial charge < -0.3 is 15.4 Å². The number of benzene rings is 2. The molecule has 2 unspecified atom stereocenters. The van der Waals surface area contributed by atoms with Gasteiger partial charge in [-0.05, 0) is 79.8 Å². The number of terminal acetylenes is 1. The van der Waals surface area contributed by atoms with E-state index in [9.17, 15) is 13.6 Å². The fourth-order valence-electron chi connectivity index (χ4n) is 5.56. The van der Waals surface area contributed by atoms with E-state index < -0.39 is 11.6 Å². The summed E-state index contributed by atoms with van der Waals surface area (Å²) in [5.74, 6) is -0.431. The number of thiophene rings is 1. The minimum atomic E-state index is -0.628. The third kappa shape index (κ3) is 6.38. The van der Waals surface area contributed by atoms with Crippen LogP contribution in [0.5, 0.6) is 5.75 Å². The van der Waals surface area contributed by atoms with E-state index in [1.54, 1.807) is 12.4 Å². The van der Waals surface area contributed by atoms with E-state index in [4.69, 9.17) is 16.3 Å². The van der Waals surface area contributed by atoms with Gasteiger partial charge in [-0.3, -0.25) is 9.78 Å². The zero-order chi connectivity index (χ0) is 29.5. The van der Waals surface area contributed by atoms with Crippen molar-refractivity contribution in [2.24, 2.45) is 11.7 Å². The van der Waals surface area contributed by atoms with Gasteiger partial charge in [0.15, 0.2) is 0 Å². The van der Waals surface area contributed by atoms with Crippen molar-refractivity contribution in [2.75, 3.05) is 13.7 Å². The summed E-state index contributed by atoms with van der Waals surface area (Å²) >= 11 is 7.48.